The predicted octanol–water partition coefficient (Wildman–Crippen LogP) is 2.80. The summed E-state index contributed by atoms with van der Waals surface area (Å²) in [5.74, 6) is 1.53. The molecule has 0 aromatic heterocycles. The number of hydrogen-bond donors (Lipinski definition) is 0. The van der Waals surface area contributed by atoms with E-state index >= 15 is 0 Å². The van der Waals surface area contributed by atoms with Crippen molar-refractivity contribution in [2.45, 2.75) is 19.4 Å². The standard InChI is InChI=1S/C15H22ClNO4/c1-15(2,9-16)17(3)14(18)10-7-12(20-5)13(21-6)8-11(10)19-4/h7-8H,9H2,1-6H3. The lowest BCUT2D eigenvalue weighted by atomic mass is 10.0. The highest BCUT2D eigenvalue weighted by atomic mass is 35.5. The quantitative estimate of drug-likeness (QED) is 0.757. The van der Waals surface area contributed by atoms with Gasteiger partial charge in [-0.1, -0.05) is 0 Å². The smallest absolute Gasteiger partial charge is 0.257 e. The zero-order valence-corrected chi connectivity index (χ0v) is 14.1. The van der Waals surface area contributed by atoms with Gasteiger partial charge in [-0.3, -0.25) is 4.79 Å². The Hall–Kier alpha value is -1.62. The molecule has 0 aliphatic rings. The van der Waals surface area contributed by atoms with E-state index in [-0.39, 0.29) is 5.91 Å². The SMILES string of the molecule is COc1cc(OC)c(C(=O)N(C)C(C)(C)CCl)cc1OC. The lowest BCUT2D eigenvalue weighted by Crippen LogP contribution is -2.46. The van der Waals surface area contributed by atoms with E-state index in [0.29, 0.717) is 28.7 Å². The Bertz CT molecular complexity index is 517. The van der Waals surface area contributed by atoms with Crippen molar-refractivity contribution in [3.63, 3.8) is 0 Å². The fraction of sp³-hybridized carbons (Fsp3) is 0.533. The summed E-state index contributed by atoms with van der Waals surface area (Å²) in [6.45, 7) is 3.79. The minimum absolute atomic E-state index is 0.196. The van der Waals surface area contributed by atoms with Crippen LogP contribution in [0.3, 0.4) is 0 Å². The number of amides is 1. The second-order valence-electron chi connectivity index (χ2n) is 5.22. The number of alkyl halides is 1. The number of carbonyl (C=O) groups is 1. The molecular formula is C15H22ClNO4. The van der Waals surface area contributed by atoms with Crippen LogP contribution < -0.4 is 14.2 Å². The zero-order valence-electron chi connectivity index (χ0n) is 13.3. The number of rotatable bonds is 6. The summed E-state index contributed by atoms with van der Waals surface area (Å²) >= 11 is 5.93. The molecule has 6 heteroatoms. The predicted molar refractivity (Wildman–Crippen MR) is 83.0 cm³/mol. The molecule has 0 heterocycles. The van der Waals surface area contributed by atoms with Crippen molar-refractivity contribution in [2.75, 3.05) is 34.3 Å². The van der Waals surface area contributed by atoms with Gasteiger partial charge in [0, 0.05) is 25.1 Å². The van der Waals surface area contributed by atoms with Crippen LogP contribution in [0.25, 0.3) is 0 Å². The number of halogens is 1. The zero-order chi connectivity index (χ0) is 16.2. The first-order valence-corrected chi connectivity index (χ1v) is 7.00. The average Bonchev–Trinajstić information content (AvgIpc) is 2.51. The summed E-state index contributed by atoms with van der Waals surface area (Å²) in [4.78, 5) is 14.3. The van der Waals surface area contributed by atoms with Crippen LogP contribution in [0.1, 0.15) is 24.2 Å². The maximum absolute atomic E-state index is 12.7. The monoisotopic (exact) mass is 315 g/mol. The third-order valence-electron chi connectivity index (χ3n) is 3.48. The van der Waals surface area contributed by atoms with Gasteiger partial charge in [-0.15, -0.1) is 11.6 Å². The first-order chi connectivity index (χ1) is 9.82. The molecule has 1 amide bonds. The Morgan fingerprint density at radius 3 is 2.00 bits per heavy atom. The molecule has 0 bridgehead atoms. The molecule has 0 spiro atoms. The van der Waals surface area contributed by atoms with E-state index in [4.69, 9.17) is 25.8 Å². The molecule has 0 saturated heterocycles. The molecule has 5 nitrogen and oxygen atoms in total. The first-order valence-electron chi connectivity index (χ1n) is 6.46. The number of hydrogen-bond acceptors (Lipinski definition) is 4. The fourth-order valence-corrected chi connectivity index (χ4v) is 1.92. The van der Waals surface area contributed by atoms with E-state index in [0.717, 1.165) is 0 Å². The topological polar surface area (TPSA) is 48.0 Å². The lowest BCUT2D eigenvalue weighted by Gasteiger charge is -2.34. The molecule has 21 heavy (non-hydrogen) atoms. The Morgan fingerprint density at radius 1 is 1.10 bits per heavy atom. The third-order valence-corrected chi connectivity index (χ3v) is 4.13. The Balaban J connectivity index is 3.31. The third kappa shape index (κ3) is 3.53. The Labute approximate surface area is 130 Å². The van der Waals surface area contributed by atoms with Gasteiger partial charge in [-0.2, -0.15) is 0 Å². The summed E-state index contributed by atoms with van der Waals surface area (Å²) in [6, 6.07) is 3.24. The molecule has 0 atom stereocenters. The van der Waals surface area contributed by atoms with Crippen LogP contribution >= 0.6 is 11.6 Å². The number of carbonyl (C=O) groups excluding carboxylic acids is 1. The molecule has 0 unspecified atom stereocenters. The van der Waals surface area contributed by atoms with Gasteiger partial charge in [-0.25, -0.2) is 0 Å². The molecule has 118 valence electrons. The van der Waals surface area contributed by atoms with E-state index in [9.17, 15) is 4.79 Å². The van der Waals surface area contributed by atoms with Crippen LogP contribution in [0.4, 0.5) is 0 Å². The van der Waals surface area contributed by atoms with Crippen LogP contribution in [0, 0.1) is 0 Å². The van der Waals surface area contributed by atoms with Gasteiger partial charge in [-0.05, 0) is 13.8 Å². The highest BCUT2D eigenvalue weighted by Crippen LogP contribution is 2.35. The van der Waals surface area contributed by atoms with Gasteiger partial charge < -0.3 is 19.1 Å². The van der Waals surface area contributed by atoms with Crippen molar-refractivity contribution in [3.8, 4) is 17.2 Å². The number of ether oxygens (including phenoxy) is 3. The summed E-state index contributed by atoms with van der Waals surface area (Å²) < 4.78 is 15.7. The number of benzene rings is 1. The second-order valence-corrected chi connectivity index (χ2v) is 5.48. The molecule has 0 aliphatic carbocycles. The van der Waals surface area contributed by atoms with E-state index in [1.165, 1.54) is 21.3 Å². The van der Waals surface area contributed by atoms with Crippen molar-refractivity contribution in [3.05, 3.63) is 17.7 Å². The van der Waals surface area contributed by atoms with Crippen LogP contribution in [-0.2, 0) is 0 Å². The van der Waals surface area contributed by atoms with Crippen LogP contribution in [-0.4, -0.2) is 50.6 Å². The van der Waals surface area contributed by atoms with Crippen molar-refractivity contribution < 1.29 is 19.0 Å². The van der Waals surface area contributed by atoms with Crippen LogP contribution in [0.15, 0.2) is 12.1 Å². The van der Waals surface area contributed by atoms with Crippen molar-refractivity contribution in [1.82, 2.24) is 4.90 Å². The fourth-order valence-electron chi connectivity index (χ4n) is 1.74. The van der Waals surface area contributed by atoms with Gasteiger partial charge >= 0.3 is 0 Å². The number of nitrogens with zero attached hydrogens (tertiary/aromatic N) is 1. The minimum Gasteiger partial charge on any atom is -0.496 e. The maximum Gasteiger partial charge on any atom is 0.257 e. The van der Waals surface area contributed by atoms with Gasteiger partial charge in [0.1, 0.15) is 5.75 Å². The van der Waals surface area contributed by atoms with Crippen LogP contribution in [0.2, 0.25) is 0 Å². The molecule has 0 fully saturated rings. The number of methoxy groups -OCH3 is 3. The normalized spacial score (nSPS) is 11.0. The summed E-state index contributed by atoms with van der Waals surface area (Å²) in [5.41, 5.74) is -0.0765. The molecule has 0 radical (unpaired) electrons. The van der Waals surface area contributed by atoms with Crippen molar-refractivity contribution >= 4 is 17.5 Å². The van der Waals surface area contributed by atoms with Crippen molar-refractivity contribution in [2.24, 2.45) is 0 Å². The lowest BCUT2D eigenvalue weighted by molar-refractivity contribution is 0.0656. The summed E-state index contributed by atoms with van der Waals surface area (Å²) in [7, 11) is 6.26. The first kappa shape index (κ1) is 17.4. The van der Waals surface area contributed by atoms with E-state index in [1.54, 1.807) is 24.1 Å². The van der Waals surface area contributed by atoms with Gasteiger partial charge in [0.25, 0.3) is 5.91 Å². The molecule has 0 N–H and O–H groups in total. The molecule has 1 aromatic carbocycles. The summed E-state index contributed by atoms with van der Waals surface area (Å²) in [6.07, 6.45) is 0. The highest BCUT2D eigenvalue weighted by Gasteiger charge is 2.30. The Morgan fingerprint density at radius 2 is 1.57 bits per heavy atom. The van der Waals surface area contributed by atoms with E-state index in [1.807, 2.05) is 13.8 Å². The molecule has 1 aromatic rings. The molecule has 1 rings (SSSR count). The molecular weight excluding hydrogens is 294 g/mol. The van der Waals surface area contributed by atoms with Crippen LogP contribution in [0.5, 0.6) is 17.2 Å². The van der Waals surface area contributed by atoms with Gasteiger partial charge in [0.15, 0.2) is 11.5 Å². The highest BCUT2D eigenvalue weighted by molar-refractivity contribution is 6.18. The van der Waals surface area contributed by atoms with Crippen molar-refractivity contribution in [1.29, 1.82) is 0 Å². The van der Waals surface area contributed by atoms with E-state index in [2.05, 4.69) is 0 Å². The summed E-state index contributed by atoms with van der Waals surface area (Å²) in [5, 5.41) is 0. The maximum atomic E-state index is 12.7. The largest absolute Gasteiger partial charge is 0.496 e. The average molecular weight is 316 g/mol. The minimum atomic E-state index is -0.475. The molecule has 0 saturated carbocycles. The van der Waals surface area contributed by atoms with E-state index < -0.39 is 5.54 Å². The second kappa shape index (κ2) is 6.89. The Kier molecular flexibility index (Phi) is 5.72. The molecule has 0 aliphatic heterocycles. The van der Waals surface area contributed by atoms with Gasteiger partial charge in [0.2, 0.25) is 0 Å². The van der Waals surface area contributed by atoms with Gasteiger partial charge in [0.05, 0.1) is 32.4 Å².